The number of allylic oxidation sites excluding steroid dienone is 1. The summed E-state index contributed by atoms with van der Waals surface area (Å²) in [6, 6.07) is 22.7. The van der Waals surface area contributed by atoms with Crippen LogP contribution in [-0.4, -0.2) is 97.2 Å². The van der Waals surface area contributed by atoms with Crippen molar-refractivity contribution in [2.24, 2.45) is 11.8 Å². The van der Waals surface area contributed by atoms with E-state index in [0.717, 1.165) is 47.7 Å². The van der Waals surface area contributed by atoms with Crippen molar-refractivity contribution in [2.45, 2.75) is 58.0 Å². The zero-order chi connectivity index (χ0) is 33.2. The number of likely N-dealkylation sites (N-methyl/N-ethyl adjacent to an activating group) is 2. The van der Waals surface area contributed by atoms with Gasteiger partial charge in [0, 0.05) is 46.6 Å². The largest absolute Gasteiger partial charge is 0.341 e. The van der Waals surface area contributed by atoms with Gasteiger partial charge in [0.15, 0.2) is 0 Å². The minimum atomic E-state index is -0.781. The lowest BCUT2D eigenvalue weighted by Crippen LogP contribution is -2.57. The molecule has 0 spiro atoms. The van der Waals surface area contributed by atoms with Gasteiger partial charge in [-0.1, -0.05) is 92.7 Å². The molecular weight excluding hydrogens is 572 g/mol. The lowest BCUT2D eigenvalue weighted by Gasteiger charge is -2.39. The summed E-state index contributed by atoms with van der Waals surface area (Å²) in [5, 5.41) is 2.20. The molecular formula is C39H52N4O3. The summed E-state index contributed by atoms with van der Waals surface area (Å²) in [5.74, 6) is 0.331. The van der Waals surface area contributed by atoms with Gasteiger partial charge in [-0.15, -0.1) is 0 Å². The molecule has 0 N–H and O–H groups in total. The Bertz CT molecular complexity index is 1480. The molecule has 1 aliphatic heterocycles. The Morgan fingerprint density at radius 3 is 2.20 bits per heavy atom. The van der Waals surface area contributed by atoms with Gasteiger partial charge >= 0.3 is 0 Å². The van der Waals surface area contributed by atoms with Gasteiger partial charge in [0.25, 0.3) is 0 Å². The fourth-order valence-corrected chi connectivity index (χ4v) is 6.45. The van der Waals surface area contributed by atoms with E-state index in [-0.39, 0.29) is 17.7 Å². The van der Waals surface area contributed by atoms with E-state index in [9.17, 15) is 14.4 Å². The van der Waals surface area contributed by atoms with E-state index in [2.05, 4.69) is 57.1 Å². The number of hydrogen-bond donors (Lipinski definition) is 0. The van der Waals surface area contributed by atoms with Gasteiger partial charge in [-0.25, -0.2) is 0 Å². The Labute approximate surface area is 275 Å². The maximum absolute atomic E-state index is 14.6. The van der Waals surface area contributed by atoms with E-state index in [1.807, 2.05) is 59.5 Å². The second-order valence-corrected chi connectivity index (χ2v) is 13.6. The Morgan fingerprint density at radius 1 is 0.826 bits per heavy atom. The van der Waals surface area contributed by atoms with Crippen molar-refractivity contribution in [3.05, 3.63) is 96.1 Å². The van der Waals surface area contributed by atoms with Crippen LogP contribution >= 0.6 is 0 Å². The van der Waals surface area contributed by atoms with Crippen LogP contribution < -0.4 is 0 Å². The molecule has 1 aliphatic rings. The van der Waals surface area contributed by atoms with E-state index < -0.39 is 12.1 Å². The summed E-state index contributed by atoms with van der Waals surface area (Å²) >= 11 is 0. The number of fused-ring (bicyclic) bond motifs is 1. The van der Waals surface area contributed by atoms with E-state index in [1.165, 1.54) is 0 Å². The van der Waals surface area contributed by atoms with Crippen LogP contribution in [0.1, 0.15) is 44.2 Å². The highest BCUT2D eigenvalue weighted by atomic mass is 16.2. The van der Waals surface area contributed by atoms with Crippen LogP contribution in [0.25, 0.3) is 10.8 Å². The number of nitrogens with zero attached hydrogens (tertiary/aromatic N) is 4. The van der Waals surface area contributed by atoms with E-state index >= 15 is 0 Å². The van der Waals surface area contributed by atoms with Gasteiger partial charge < -0.3 is 19.6 Å². The van der Waals surface area contributed by atoms with Gasteiger partial charge in [-0.05, 0) is 73.2 Å². The number of rotatable bonds is 13. The lowest BCUT2D eigenvalue weighted by molar-refractivity contribution is -0.150. The zero-order valence-electron chi connectivity index (χ0n) is 28.6. The predicted octanol–water partition coefficient (Wildman–Crippen LogP) is 5.68. The molecule has 7 heteroatoms. The molecule has 0 saturated carbocycles. The lowest BCUT2D eigenvalue weighted by atomic mass is 9.95. The minimum absolute atomic E-state index is 0.0292. The first-order chi connectivity index (χ1) is 22.0. The first kappa shape index (κ1) is 34.9. The summed E-state index contributed by atoms with van der Waals surface area (Å²) in [6.07, 6.45) is 7.02. The van der Waals surface area contributed by atoms with Crippen molar-refractivity contribution in [1.29, 1.82) is 0 Å². The third-order valence-electron chi connectivity index (χ3n) is 9.04. The number of likely N-dealkylation sites (tertiary alicyclic amines) is 1. The highest BCUT2D eigenvalue weighted by Crippen LogP contribution is 2.23. The first-order valence-electron chi connectivity index (χ1n) is 16.7. The summed E-state index contributed by atoms with van der Waals surface area (Å²) in [7, 11) is 7.56. The SMILES string of the molecule is CC(C)CC=CC(=O)N(C)[C@H](Cc1ccc2ccccc2c1)C(=O)N(C)[C@H](Cc1ccccc1)C(=O)N1CCC[C@@H](CN(C)C)C1. The van der Waals surface area contributed by atoms with Crippen LogP contribution in [-0.2, 0) is 27.2 Å². The van der Waals surface area contributed by atoms with Crippen molar-refractivity contribution in [2.75, 3.05) is 47.8 Å². The Hall–Kier alpha value is -3.97. The van der Waals surface area contributed by atoms with Crippen molar-refractivity contribution < 1.29 is 14.4 Å². The number of carbonyl (C=O) groups is 3. The number of piperidine rings is 1. The van der Waals surface area contributed by atoms with E-state index in [1.54, 1.807) is 30.0 Å². The average Bonchev–Trinajstić information content (AvgIpc) is 3.05. The van der Waals surface area contributed by atoms with Crippen molar-refractivity contribution >= 4 is 28.5 Å². The van der Waals surface area contributed by atoms with Gasteiger partial charge in [-0.3, -0.25) is 14.4 Å². The van der Waals surface area contributed by atoms with Crippen molar-refractivity contribution in [3.8, 4) is 0 Å². The van der Waals surface area contributed by atoms with E-state index in [0.29, 0.717) is 37.8 Å². The summed E-state index contributed by atoms with van der Waals surface area (Å²) in [6.45, 7) is 6.51. The van der Waals surface area contributed by atoms with Gasteiger partial charge in [0.2, 0.25) is 17.7 Å². The molecule has 1 fully saturated rings. The molecule has 0 bridgehead atoms. The molecule has 7 nitrogen and oxygen atoms in total. The molecule has 46 heavy (non-hydrogen) atoms. The molecule has 0 radical (unpaired) electrons. The number of amides is 3. The highest BCUT2D eigenvalue weighted by Gasteiger charge is 2.37. The molecule has 1 heterocycles. The first-order valence-corrected chi connectivity index (χ1v) is 16.7. The van der Waals surface area contributed by atoms with Crippen LogP contribution in [0.4, 0.5) is 0 Å². The number of benzene rings is 3. The molecule has 3 atom stereocenters. The van der Waals surface area contributed by atoms with Crippen LogP contribution in [0.3, 0.4) is 0 Å². The number of carbonyl (C=O) groups excluding carboxylic acids is 3. The highest BCUT2D eigenvalue weighted by molar-refractivity contribution is 5.95. The normalized spacial score (nSPS) is 16.6. The van der Waals surface area contributed by atoms with Crippen LogP contribution in [0.15, 0.2) is 84.9 Å². The monoisotopic (exact) mass is 624 g/mol. The molecule has 3 aromatic rings. The van der Waals surface area contributed by atoms with Gasteiger partial charge in [0.1, 0.15) is 12.1 Å². The Balaban J connectivity index is 1.65. The number of hydrogen-bond acceptors (Lipinski definition) is 4. The average molecular weight is 625 g/mol. The standard InChI is InChI=1S/C39H52N4O3/c1-29(2)14-12-20-37(44)41(5)35(26-31-21-22-33-18-10-11-19-34(33)24-31)38(45)42(6)36(25-30-15-8-7-9-16-30)39(46)43-23-13-17-32(28-43)27-40(3)4/h7-12,15-16,18-22,24,29,32,35-36H,13-14,17,23,25-28H2,1-6H3/t32-,35+,36+/m0/s1. The summed E-state index contributed by atoms with van der Waals surface area (Å²) in [4.78, 5) is 49.7. The molecule has 0 unspecified atom stereocenters. The molecule has 3 aromatic carbocycles. The third-order valence-corrected chi connectivity index (χ3v) is 9.04. The fraction of sp³-hybridized carbons (Fsp3) is 0.462. The molecule has 0 aromatic heterocycles. The summed E-state index contributed by atoms with van der Waals surface area (Å²) in [5.41, 5.74) is 1.96. The van der Waals surface area contributed by atoms with E-state index in [4.69, 9.17) is 0 Å². The fourth-order valence-electron chi connectivity index (χ4n) is 6.45. The van der Waals surface area contributed by atoms with Gasteiger partial charge in [0.05, 0.1) is 0 Å². The molecule has 246 valence electrons. The predicted molar refractivity (Wildman–Crippen MR) is 187 cm³/mol. The minimum Gasteiger partial charge on any atom is -0.341 e. The van der Waals surface area contributed by atoms with Crippen LogP contribution in [0.2, 0.25) is 0 Å². The molecule has 1 saturated heterocycles. The van der Waals surface area contributed by atoms with Crippen molar-refractivity contribution in [1.82, 2.24) is 19.6 Å². The summed E-state index contributed by atoms with van der Waals surface area (Å²) < 4.78 is 0. The zero-order valence-corrected chi connectivity index (χ0v) is 28.6. The third kappa shape index (κ3) is 9.52. The molecule has 4 rings (SSSR count). The Kier molecular flexibility index (Phi) is 12.6. The molecule has 3 amide bonds. The van der Waals surface area contributed by atoms with Crippen molar-refractivity contribution in [3.63, 3.8) is 0 Å². The molecule has 0 aliphatic carbocycles. The second kappa shape index (κ2) is 16.5. The smallest absolute Gasteiger partial charge is 0.246 e. The van der Waals surface area contributed by atoms with Gasteiger partial charge in [-0.2, -0.15) is 0 Å². The van der Waals surface area contributed by atoms with Crippen LogP contribution in [0, 0.1) is 11.8 Å². The van der Waals surface area contributed by atoms with Crippen LogP contribution in [0.5, 0.6) is 0 Å². The maximum atomic E-state index is 14.6. The maximum Gasteiger partial charge on any atom is 0.246 e. The Morgan fingerprint density at radius 2 is 1.50 bits per heavy atom. The quantitative estimate of drug-likeness (QED) is 0.230. The second-order valence-electron chi connectivity index (χ2n) is 13.6. The topological polar surface area (TPSA) is 64.2 Å².